The van der Waals surface area contributed by atoms with Crippen molar-refractivity contribution < 1.29 is 22.6 Å². The molecule has 2 aromatic carbocycles. The maximum Gasteiger partial charge on any atom is 0.573 e. The molecule has 0 bridgehead atoms. The van der Waals surface area contributed by atoms with Crippen LogP contribution in [0.5, 0.6) is 11.5 Å². The Morgan fingerprint density at radius 1 is 1.15 bits per heavy atom. The van der Waals surface area contributed by atoms with E-state index in [9.17, 15) is 13.2 Å². The summed E-state index contributed by atoms with van der Waals surface area (Å²) in [6.45, 7) is 1.32. The van der Waals surface area contributed by atoms with Gasteiger partial charge < -0.3 is 20.1 Å². The van der Waals surface area contributed by atoms with Crippen LogP contribution in [0.3, 0.4) is 0 Å². The number of benzene rings is 2. The molecular formula is C20H23F3N2O2. The molecule has 0 aromatic heterocycles. The van der Waals surface area contributed by atoms with Crippen LogP contribution in [0.15, 0.2) is 48.5 Å². The maximum absolute atomic E-state index is 12.5. The number of methoxy groups -OCH3 is 1. The van der Waals surface area contributed by atoms with Gasteiger partial charge in [0.05, 0.1) is 7.11 Å². The van der Waals surface area contributed by atoms with Gasteiger partial charge in [-0.2, -0.15) is 0 Å². The molecule has 2 N–H and O–H groups in total. The molecule has 0 aliphatic carbocycles. The summed E-state index contributed by atoms with van der Waals surface area (Å²) in [4.78, 5) is 0. The van der Waals surface area contributed by atoms with Crippen molar-refractivity contribution in [3.05, 3.63) is 59.7 Å². The Kier molecular flexibility index (Phi) is 6.23. The van der Waals surface area contributed by atoms with Crippen LogP contribution < -0.4 is 20.1 Å². The van der Waals surface area contributed by atoms with Crippen molar-refractivity contribution in [2.24, 2.45) is 0 Å². The molecule has 0 amide bonds. The zero-order chi connectivity index (χ0) is 19.3. The minimum atomic E-state index is -4.72. The van der Waals surface area contributed by atoms with E-state index in [-0.39, 0.29) is 17.8 Å². The predicted octanol–water partition coefficient (Wildman–Crippen LogP) is 4.18. The van der Waals surface area contributed by atoms with Gasteiger partial charge in [-0.15, -0.1) is 13.2 Å². The van der Waals surface area contributed by atoms with E-state index in [1.807, 2.05) is 18.2 Å². The summed E-state index contributed by atoms with van der Waals surface area (Å²) in [5, 5.41) is 7.00. The van der Waals surface area contributed by atoms with Crippen LogP contribution >= 0.6 is 0 Å². The van der Waals surface area contributed by atoms with Crippen molar-refractivity contribution in [1.29, 1.82) is 0 Å². The highest BCUT2D eigenvalue weighted by Gasteiger charge is 2.31. The van der Waals surface area contributed by atoms with E-state index < -0.39 is 6.36 Å². The summed E-state index contributed by atoms with van der Waals surface area (Å²) in [6, 6.07) is 14.6. The van der Waals surface area contributed by atoms with Crippen molar-refractivity contribution in [3.63, 3.8) is 0 Å². The first-order valence-electron chi connectivity index (χ1n) is 8.90. The number of hydrogen-bond donors (Lipinski definition) is 2. The Morgan fingerprint density at radius 3 is 2.63 bits per heavy atom. The topological polar surface area (TPSA) is 42.5 Å². The molecule has 1 aliphatic heterocycles. The molecule has 1 heterocycles. The number of alkyl halides is 3. The normalized spacial score (nSPS) is 20.3. The summed E-state index contributed by atoms with van der Waals surface area (Å²) in [5.41, 5.74) is 1.81. The van der Waals surface area contributed by atoms with E-state index in [0.717, 1.165) is 19.4 Å². The van der Waals surface area contributed by atoms with Gasteiger partial charge in [-0.25, -0.2) is 0 Å². The average Bonchev–Trinajstić information content (AvgIpc) is 2.66. The fraction of sp³-hybridized carbons (Fsp3) is 0.400. The van der Waals surface area contributed by atoms with Crippen LogP contribution in [-0.2, 0) is 6.54 Å². The number of nitrogens with one attached hydrogen (secondary N) is 2. The summed E-state index contributed by atoms with van der Waals surface area (Å²) < 4.78 is 46.8. The summed E-state index contributed by atoms with van der Waals surface area (Å²) in [6.07, 6.45) is -2.70. The van der Waals surface area contributed by atoms with Crippen molar-refractivity contribution in [2.45, 2.75) is 37.8 Å². The third kappa shape index (κ3) is 5.37. The van der Waals surface area contributed by atoms with Crippen molar-refractivity contribution in [2.75, 3.05) is 13.7 Å². The zero-order valence-electron chi connectivity index (χ0n) is 15.1. The SMILES string of the molecule is COc1ccc(OC(F)(F)F)cc1CN[C@@H]1CCCN[C@@H]1c1ccccc1. The Balaban J connectivity index is 1.73. The lowest BCUT2D eigenvalue weighted by Gasteiger charge is -2.34. The number of ether oxygens (including phenoxy) is 2. The lowest BCUT2D eigenvalue weighted by Crippen LogP contribution is -2.45. The second kappa shape index (κ2) is 8.63. The fourth-order valence-electron chi connectivity index (χ4n) is 3.45. The third-order valence-electron chi connectivity index (χ3n) is 4.66. The second-order valence-electron chi connectivity index (χ2n) is 6.49. The van der Waals surface area contributed by atoms with Crippen LogP contribution in [0.2, 0.25) is 0 Å². The summed E-state index contributed by atoms with van der Waals surface area (Å²) in [7, 11) is 1.50. The lowest BCUT2D eigenvalue weighted by molar-refractivity contribution is -0.274. The minimum absolute atomic E-state index is 0.153. The Morgan fingerprint density at radius 2 is 1.93 bits per heavy atom. The Labute approximate surface area is 156 Å². The van der Waals surface area contributed by atoms with Gasteiger partial charge >= 0.3 is 6.36 Å². The molecule has 146 valence electrons. The van der Waals surface area contributed by atoms with Gasteiger partial charge in [0.15, 0.2) is 0 Å². The quantitative estimate of drug-likeness (QED) is 0.789. The molecule has 1 saturated heterocycles. The van der Waals surface area contributed by atoms with Gasteiger partial charge in [0.2, 0.25) is 0 Å². The van der Waals surface area contributed by atoms with Crippen LogP contribution in [0.4, 0.5) is 13.2 Å². The van der Waals surface area contributed by atoms with Crippen LogP contribution in [0.1, 0.15) is 30.0 Å². The van der Waals surface area contributed by atoms with Crippen molar-refractivity contribution in [1.82, 2.24) is 10.6 Å². The Bertz CT molecular complexity index is 738. The van der Waals surface area contributed by atoms with Crippen LogP contribution in [0, 0.1) is 0 Å². The molecule has 0 radical (unpaired) electrons. The van der Waals surface area contributed by atoms with Crippen molar-refractivity contribution in [3.8, 4) is 11.5 Å². The molecule has 7 heteroatoms. The number of hydrogen-bond acceptors (Lipinski definition) is 4. The van der Waals surface area contributed by atoms with Crippen molar-refractivity contribution >= 4 is 0 Å². The maximum atomic E-state index is 12.5. The minimum Gasteiger partial charge on any atom is -0.496 e. The van der Waals surface area contributed by atoms with Gasteiger partial charge in [-0.1, -0.05) is 30.3 Å². The zero-order valence-corrected chi connectivity index (χ0v) is 15.1. The largest absolute Gasteiger partial charge is 0.573 e. The lowest BCUT2D eigenvalue weighted by atomic mass is 9.92. The smallest absolute Gasteiger partial charge is 0.496 e. The third-order valence-corrected chi connectivity index (χ3v) is 4.66. The fourth-order valence-corrected chi connectivity index (χ4v) is 3.45. The molecular weight excluding hydrogens is 357 g/mol. The van der Waals surface area contributed by atoms with Gasteiger partial charge in [-0.05, 0) is 43.1 Å². The molecule has 2 atom stereocenters. The highest BCUT2D eigenvalue weighted by molar-refractivity contribution is 5.40. The molecule has 4 nitrogen and oxygen atoms in total. The van der Waals surface area contributed by atoms with Crippen LogP contribution in [0.25, 0.3) is 0 Å². The predicted molar refractivity (Wildman–Crippen MR) is 96.7 cm³/mol. The molecule has 2 aromatic rings. The van der Waals surface area contributed by atoms with Gasteiger partial charge in [-0.3, -0.25) is 0 Å². The van der Waals surface area contributed by atoms with Gasteiger partial charge in [0.1, 0.15) is 11.5 Å². The molecule has 27 heavy (non-hydrogen) atoms. The first-order valence-corrected chi connectivity index (χ1v) is 8.90. The van der Waals surface area contributed by atoms with E-state index in [4.69, 9.17) is 4.74 Å². The average molecular weight is 380 g/mol. The Hall–Kier alpha value is -2.25. The van der Waals surface area contributed by atoms with E-state index in [2.05, 4.69) is 27.5 Å². The molecule has 3 rings (SSSR count). The summed E-state index contributed by atoms with van der Waals surface area (Å²) >= 11 is 0. The highest BCUT2D eigenvalue weighted by atomic mass is 19.4. The molecule has 0 saturated carbocycles. The monoisotopic (exact) mass is 380 g/mol. The summed E-state index contributed by atoms with van der Waals surface area (Å²) in [5.74, 6) is 0.276. The number of rotatable bonds is 6. The molecule has 0 unspecified atom stereocenters. The van der Waals surface area contributed by atoms with E-state index >= 15 is 0 Å². The highest BCUT2D eigenvalue weighted by Crippen LogP contribution is 2.29. The molecule has 1 aliphatic rings. The first-order chi connectivity index (χ1) is 13.0. The number of piperidine rings is 1. The van der Waals surface area contributed by atoms with Gasteiger partial charge in [0, 0.05) is 24.2 Å². The second-order valence-corrected chi connectivity index (χ2v) is 6.49. The number of halogens is 3. The van der Waals surface area contributed by atoms with Crippen LogP contribution in [-0.4, -0.2) is 26.1 Å². The van der Waals surface area contributed by atoms with E-state index in [1.54, 1.807) is 0 Å². The molecule has 0 spiro atoms. The van der Waals surface area contributed by atoms with Gasteiger partial charge in [0.25, 0.3) is 0 Å². The standard InChI is InChI=1S/C20H23F3N2O2/c1-26-18-10-9-16(27-20(21,22)23)12-15(18)13-25-17-8-5-11-24-19(17)14-6-3-2-4-7-14/h2-4,6-7,9-10,12,17,19,24-25H,5,8,11,13H2,1H3/t17-,19-/m1/s1. The van der Waals surface area contributed by atoms with E-state index in [0.29, 0.717) is 17.9 Å². The van der Waals surface area contributed by atoms with E-state index in [1.165, 1.54) is 30.9 Å². The first kappa shape index (κ1) is 19.5. The molecule has 1 fully saturated rings.